The first kappa shape index (κ1) is 16.3. The minimum absolute atomic E-state index is 0.293. The van der Waals surface area contributed by atoms with E-state index in [1.807, 2.05) is 18.2 Å². The van der Waals surface area contributed by atoms with Crippen LogP contribution in [0.5, 0.6) is 0 Å². The van der Waals surface area contributed by atoms with Crippen LogP contribution in [0.25, 0.3) is 0 Å². The van der Waals surface area contributed by atoms with E-state index in [0.29, 0.717) is 20.8 Å². The van der Waals surface area contributed by atoms with E-state index >= 15 is 0 Å². The van der Waals surface area contributed by atoms with Crippen molar-refractivity contribution in [1.82, 2.24) is 0 Å². The first-order valence-electron chi connectivity index (χ1n) is 6.31. The van der Waals surface area contributed by atoms with Gasteiger partial charge in [0.05, 0.1) is 5.69 Å². The highest BCUT2D eigenvalue weighted by atomic mass is 79.9. The van der Waals surface area contributed by atoms with Crippen LogP contribution in [-0.4, -0.2) is 10.7 Å². The van der Waals surface area contributed by atoms with Gasteiger partial charge in [-0.15, -0.1) is 11.8 Å². The van der Waals surface area contributed by atoms with Gasteiger partial charge in [-0.1, -0.05) is 31.3 Å². The highest BCUT2D eigenvalue weighted by Gasteiger charge is 2.14. The van der Waals surface area contributed by atoms with Gasteiger partial charge in [0.25, 0.3) is 0 Å². The van der Waals surface area contributed by atoms with Crippen molar-refractivity contribution in [1.29, 1.82) is 0 Å². The summed E-state index contributed by atoms with van der Waals surface area (Å²) in [4.78, 5) is 1.28. The molecule has 0 aromatic heterocycles. The van der Waals surface area contributed by atoms with Crippen LogP contribution in [0.2, 0.25) is 0 Å². The largest absolute Gasteiger partial charge is 0.389 e. The Morgan fingerprint density at radius 2 is 2.05 bits per heavy atom. The summed E-state index contributed by atoms with van der Waals surface area (Å²) in [6.07, 6.45) is 0. The number of para-hydroxylation sites is 1. The van der Waals surface area contributed by atoms with Gasteiger partial charge in [0, 0.05) is 20.6 Å². The summed E-state index contributed by atoms with van der Waals surface area (Å²) >= 11 is 10.1. The summed E-state index contributed by atoms with van der Waals surface area (Å²) in [7, 11) is 0. The third-order valence-corrected chi connectivity index (χ3v) is 4.60. The fraction of sp³-hybridized carbons (Fsp3) is 0.133. The molecule has 21 heavy (non-hydrogen) atoms. The SMILES string of the molecule is CCSc1cccc(Nc2c(F)cccc2Br)c1C(N)=S. The molecule has 0 radical (unpaired) electrons. The van der Waals surface area contributed by atoms with Gasteiger partial charge in [-0.2, -0.15) is 0 Å². The Morgan fingerprint density at radius 3 is 2.67 bits per heavy atom. The number of hydrogen-bond acceptors (Lipinski definition) is 3. The quantitative estimate of drug-likeness (QED) is 0.556. The van der Waals surface area contributed by atoms with Gasteiger partial charge < -0.3 is 11.1 Å². The molecule has 2 aromatic rings. The van der Waals surface area contributed by atoms with E-state index in [9.17, 15) is 4.39 Å². The summed E-state index contributed by atoms with van der Waals surface area (Å²) in [5, 5.41) is 3.09. The number of halogens is 2. The average molecular weight is 385 g/mol. The third kappa shape index (κ3) is 3.75. The number of nitrogens with two attached hydrogens (primary N) is 1. The van der Waals surface area contributed by atoms with E-state index in [1.54, 1.807) is 23.9 Å². The molecular formula is C15H14BrFN2S2. The van der Waals surface area contributed by atoms with Crippen molar-refractivity contribution in [2.45, 2.75) is 11.8 Å². The second kappa shape index (κ2) is 7.24. The van der Waals surface area contributed by atoms with Gasteiger partial charge in [0.1, 0.15) is 10.8 Å². The van der Waals surface area contributed by atoms with E-state index in [4.69, 9.17) is 18.0 Å². The average Bonchev–Trinajstić information content (AvgIpc) is 2.43. The molecule has 0 fully saturated rings. The molecule has 0 heterocycles. The van der Waals surface area contributed by atoms with E-state index in [1.165, 1.54) is 6.07 Å². The monoisotopic (exact) mass is 384 g/mol. The number of benzene rings is 2. The number of nitrogens with one attached hydrogen (secondary N) is 1. The Bertz CT molecular complexity index is 656. The molecule has 0 aliphatic heterocycles. The maximum atomic E-state index is 14.0. The highest BCUT2D eigenvalue weighted by Crippen LogP contribution is 2.33. The standard InChI is InChI=1S/C15H14BrFN2S2/c1-2-21-12-8-4-7-11(13(12)15(18)20)19-14-9(16)5-3-6-10(14)17/h3-8,19H,2H2,1H3,(H2,18,20). The van der Waals surface area contributed by atoms with Crippen LogP contribution in [-0.2, 0) is 0 Å². The van der Waals surface area contributed by atoms with E-state index in [0.717, 1.165) is 16.2 Å². The molecule has 2 nitrogen and oxygen atoms in total. The molecule has 0 spiro atoms. The van der Waals surface area contributed by atoms with Gasteiger partial charge in [-0.05, 0) is 45.9 Å². The fourth-order valence-corrected chi connectivity index (χ4v) is 3.49. The van der Waals surface area contributed by atoms with Gasteiger partial charge in [-0.3, -0.25) is 0 Å². The lowest BCUT2D eigenvalue weighted by Crippen LogP contribution is -2.13. The maximum absolute atomic E-state index is 14.0. The number of thioether (sulfide) groups is 1. The first-order chi connectivity index (χ1) is 10.0. The molecule has 0 atom stereocenters. The molecule has 0 amide bonds. The maximum Gasteiger partial charge on any atom is 0.147 e. The molecule has 0 unspecified atom stereocenters. The molecule has 0 saturated heterocycles. The van der Waals surface area contributed by atoms with Gasteiger partial charge >= 0.3 is 0 Å². The Balaban J connectivity index is 2.49. The topological polar surface area (TPSA) is 38.0 Å². The number of rotatable bonds is 5. The number of anilines is 2. The summed E-state index contributed by atoms with van der Waals surface area (Å²) in [6, 6.07) is 10.5. The zero-order valence-corrected chi connectivity index (χ0v) is 14.5. The van der Waals surface area contributed by atoms with Gasteiger partial charge in [-0.25, -0.2) is 4.39 Å². The van der Waals surface area contributed by atoms with Crippen molar-refractivity contribution >= 4 is 56.3 Å². The summed E-state index contributed by atoms with van der Waals surface area (Å²) in [5.41, 5.74) is 7.66. The van der Waals surface area contributed by atoms with E-state index in [2.05, 4.69) is 28.2 Å². The Labute approximate surface area is 141 Å². The lowest BCUT2D eigenvalue weighted by atomic mass is 10.1. The number of thiocarbonyl (C=S) groups is 1. The van der Waals surface area contributed by atoms with Crippen LogP contribution in [0.15, 0.2) is 45.8 Å². The van der Waals surface area contributed by atoms with Crippen molar-refractivity contribution in [3.05, 3.63) is 52.3 Å². The van der Waals surface area contributed by atoms with Crippen LogP contribution in [0.4, 0.5) is 15.8 Å². The van der Waals surface area contributed by atoms with Crippen LogP contribution in [0.1, 0.15) is 12.5 Å². The fourth-order valence-electron chi connectivity index (χ4n) is 1.92. The minimum Gasteiger partial charge on any atom is -0.389 e. The van der Waals surface area contributed by atoms with Crippen LogP contribution < -0.4 is 11.1 Å². The third-order valence-electron chi connectivity index (χ3n) is 2.79. The van der Waals surface area contributed by atoms with Crippen LogP contribution >= 0.6 is 39.9 Å². The summed E-state index contributed by atoms with van der Waals surface area (Å²) < 4.78 is 14.6. The van der Waals surface area contributed by atoms with E-state index in [-0.39, 0.29) is 5.82 Å². The normalized spacial score (nSPS) is 10.4. The first-order valence-corrected chi connectivity index (χ1v) is 8.50. The van der Waals surface area contributed by atoms with Crippen molar-refractivity contribution in [2.24, 2.45) is 5.73 Å². The zero-order chi connectivity index (χ0) is 15.4. The number of hydrogen-bond donors (Lipinski definition) is 2. The molecule has 2 rings (SSSR count). The minimum atomic E-state index is -0.341. The summed E-state index contributed by atoms with van der Waals surface area (Å²) in [6.45, 7) is 2.06. The smallest absolute Gasteiger partial charge is 0.147 e. The predicted molar refractivity (Wildman–Crippen MR) is 96.1 cm³/mol. The second-order valence-corrected chi connectivity index (χ2v) is 6.80. The molecule has 0 bridgehead atoms. The Kier molecular flexibility index (Phi) is 5.61. The molecule has 110 valence electrons. The van der Waals surface area contributed by atoms with Crippen molar-refractivity contribution in [3.8, 4) is 0 Å². The predicted octanol–water partition coefficient (Wildman–Crippen LogP) is 5.08. The Morgan fingerprint density at radius 1 is 1.33 bits per heavy atom. The molecule has 6 heteroatoms. The van der Waals surface area contributed by atoms with E-state index < -0.39 is 0 Å². The molecule has 3 N–H and O–H groups in total. The van der Waals surface area contributed by atoms with Crippen molar-refractivity contribution in [2.75, 3.05) is 11.1 Å². The lowest BCUT2D eigenvalue weighted by molar-refractivity contribution is 0.631. The summed E-state index contributed by atoms with van der Waals surface area (Å²) in [5.74, 6) is 0.564. The highest BCUT2D eigenvalue weighted by molar-refractivity contribution is 9.10. The molecular weight excluding hydrogens is 371 g/mol. The lowest BCUT2D eigenvalue weighted by Gasteiger charge is -2.16. The molecule has 2 aromatic carbocycles. The van der Waals surface area contributed by atoms with Crippen molar-refractivity contribution in [3.63, 3.8) is 0 Å². The molecule has 0 aliphatic rings. The molecule has 0 saturated carbocycles. The van der Waals surface area contributed by atoms with Crippen LogP contribution in [0, 0.1) is 5.82 Å². The molecule has 0 aliphatic carbocycles. The van der Waals surface area contributed by atoms with Gasteiger partial charge in [0.15, 0.2) is 0 Å². The second-order valence-electron chi connectivity index (χ2n) is 4.20. The van der Waals surface area contributed by atoms with Crippen LogP contribution in [0.3, 0.4) is 0 Å². The van der Waals surface area contributed by atoms with Crippen molar-refractivity contribution < 1.29 is 4.39 Å². The van der Waals surface area contributed by atoms with Gasteiger partial charge in [0.2, 0.25) is 0 Å². The Hall–Kier alpha value is -1.11. The zero-order valence-electron chi connectivity index (χ0n) is 11.3.